The maximum Gasteiger partial charge on any atom is 0.339 e. The fourth-order valence-corrected chi connectivity index (χ4v) is 3.29. The summed E-state index contributed by atoms with van der Waals surface area (Å²) in [5.41, 5.74) is -1.75. The standard InChI is InChI=1S/C18H15FN2O7/c19-9-1-2-10-11(7-9)15(24)21(14(10)23)12-3-4-13(22)20(16(12)25)8-28-17(26)18(27)5-6-18/h1-2,7,12,27H,3-6,8H2. The lowest BCUT2D eigenvalue weighted by atomic mass is 10.0. The van der Waals surface area contributed by atoms with E-state index >= 15 is 0 Å². The summed E-state index contributed by atoms with van der Waals surface area (Å²) in [6.45, 7) is -0.715. The highest BCUT2D eigenvalue weighted by Gasteiger charge is 2.51. The van der Waals surface area contributed by atoms with Gasteiger partial charge in [0.25, 0.3) is 17.7 Å². The quantitative estimate of drug-likeness (QED) is 0.566. The molecule has 0 spiro atoms. The smallest absolute Gasteiger partial charge is 0.339 e. The van der Waals surface area contributed by atoms with Crippen LogP contribution in [0.25, 0.3) is 0 Å². The summed E-state index contributed by atoms with van der Waals surface area (Å²) in [6.07, 6.45) is 0.240. The number of nitrogens with zero attached hydrogens (tertiary/aromatic N) is 2. The molecule has 9 nitrogen and oxygen atoms in total. The lowest BCUT2D eigenvalue weighted by molar-refractivity contribution is -0.169. The third kappa shape index (κ3) is 2.76. The maximum atomic E-state index is 13.4. The van der Waals surface area contributed by atoms with Gasteiger partial charge in [0.2, 0.25) is 5.91 Å². The van der Waals surface area contributed by atoms with Crippen LogP contribution >= 0.6 is 0 Å². The largest absolute Gasteiger partial charge is 0.442 e. The van der Waals surface area contributed by atoms with Crippen LogP contribution in [0.3, 0.4) is 0 Å². The molecule has 0 aromatic heterocycles. The van der Waals surface area contributed by atoms with Gasteiger partial charge in [0.1, 0.15) is 11.9 Å². The average molecular weight is 390 g/mol. The molecule has 2 aliphatic heterocycles. The molecule has 2 heterocycles. The monoisotopic (exact) mass is 390 g/mol. The predicted octanol–water partition coefficient (Wildman–Crippen LogP) is -0.0351. The summed E-state index contributed by atoms with van der Waals surface area (Å²) in [4.78, 5) is 63.0. The molecule has 3 aliphatic rings. The lowest BCUT2D eigenvalue weighted by Gasteiger charge is -2.34. The molecular formula is C18H15FN2O7. The zero-order valence-corrected chi connectivity index (χ0v) is 14.5. The van der Waals surface area contributed by atoms with Crippen LogP contribution in [0.15, 0.2) is 18.2 Å². The van der Waals surface area contributed by atoms with Gasteiger partial charge in [0.15, 0.2) is 12.3 Å². The van der Waals surface area contributed by atoms with E-state index in [1.165, 1.54) is 6.07 Å². The number of hydrogen-bond acceptors (Lipinski definition) is 7. The molecule has 1 unspecified atom stereocenters. The SMILES string of the molecule is O=C1CCC(N2C(=O)c3ccc(F)cc3C2=O)C(=O)N1COC(=O)C1(O)CC1. The van der Waals surface area contributed by atoms with Crippen molar-refractivity contribution in [2.24, 2.45) is 0 Å². The van der Waals surface area contributed by atoms with Crippen LogP contribution in [-0.4, -0.2) is 62.9 Å². The van der Waals surface area contributed by atoms with Gasteiger partial charge in [0, 0.05) is 6.42 Å². The molecule has 1 saturated heterocycles. The molecule has 4 rings (SSSR count). The second kappa shape index (κ2) is 6.20. The molecule has 4 amide bonds. The maximum absolute atomic E-state index is 13.4. The average Bonchev–Trinajstić information content (AvgIpc) is 3.36. The van der Waals surface area contributed by atoms with Gasteiger partial charge in [-0.15, -0.1) is 0 Å². The fourth-order valence-electron chi connectivity index (χ4n) is 3.29. The van der Waals surface area contributed by atoms with Crippen molar-refractivity contribution in [3.8, 4) is 0 Å². The zero-order chi connectivity index (χ0) is 20.2. The molecule has 0 radical (unpaired) electrons. The summed E-state index contributed by atoms with van der Waals surface area (Å²) in [5, 5.41) is 9.68. The number of amides is 4. The Kier molecular flexibility index (Phi) is 4.03. The van der Waals surface area contributed by atoms with E-state index in [2.05, 4.69) is 0 Å². The van der Waals surface area contributed by atoms with Crippen molar-refractivity contribution < 1.29 is 38.2 Å². The first-order valence-corrected chi connectivity index (χ1v) is 8.64. The van der Waals surface area contributed by atoms with Crippen LogP contribution in [0, 0.1) is 5.82 Å². The minimum Gasteiger partial charge on any atom is -0.442 e. The Morgan fingerprint density at radius 2 is 1.86 bits per heavy atom. The number of esters is 1. The Balaban J connectivity index is 1.53. The van der Waals surface area contributed by atoms with E-state index < -0.39 is 53.8 Å². The summed E-state index contributed by atoms with van der Waals surface area (Å²) in [6, 6.07) is 1.85. The minimum atomic E-state index is -1.58. The van der Waals surface area contributed by atoms with E-state index in [-0.39, 0.29) is 36.8 Å². The number of benzene rings is 1. The molecule has 1 aliphatic carbocycles. The third-order valence-corrected chi connectivity index (χ3v) is 5.10. The number of aliphatic hydroxyl groups is 1. The molecule has 28 heavy (non-hydrogen) atoms. The number of rotatable bonds is 4. The number of carbonyl (C=O) groups is 5. The van der Waals surface area contributed by atoms with Gasteiger partial charge < -0.3 is 9.84 Å². The topological polar surface area (TPSA) is 121 Å². The number of fused-ring (bicyclic) bond motifs is 1. The number of halogens is 1. The number of imide groups is 2. The second-order valence-corrected chi connectivity index (χ2v) is 6.98. The van der Waals surface area contributed by atoms with Gasteiger partial charge in [-0.3, -0.25) is 24.1 Å². The Morgan fingerprint density at radius 3 is 2.54 bits per heavy atom. The molecule has 1 aromatic rings. The molecular weight excluding hydrogens is 375 g/mol. The van der Waals surface area contributed by atoms with Gasteiger partial charge in [-0.1, -0.05) is 0 Å². The lowest BCUT2D eigenvalue weighted by Crippen LogP contribution is -2.56. The van der Waals surface area contributed by atoms with E-state index in [0.717, 1.165) is 12.1 Å². The molecule has 1 aromatic carbocycles. The highest BCUT2D eigenvalue weighted by molar-refractivity contribution is 6.23. The number of likely N-dealkylation sites (tertiary alicyclic amines) is 1. The van der Waals surface area contributed by atoms with Crippen LogP contribution < -0.4 is 0 Å². The van der Waals surface area contributed by atoms with Crippen LogP contribution in [0.4, 0.5) is 4.39 Å². The molecule has 10 heteroatoms. The van der Waals surface area contributed by atoms with Crippen molar-refractivity contribution in [3.63, 3.8) is 0 Å². The van der Waals surface area contributed by atoms with E-state index in [1.807, 2.05) is 0 Å². The summed E-state index contributed by atoms with van der Waals surface area (Å²) < 4.78 is 18.3. The molecule has 1 N–H and O–H groups in total. The van der Waals surface area contributed by atoms with Gasteiger partial charge in [-0.25, -0.2) is 14.1 Å². The third-order valence-electron chi connectivity index (χ3n) is 5.10. The first-order chi connectivity index (χ1) is 13.2. The van der Waals surface area contributed by atoms with E-state index in [4.69, 9.17) is 4.74 Å². The Hall–Kier alpha value is -3.14. The highest BCUT2D eigenvalue weighted by atomic mass is 19.1. The van der Waals surface area contributed by atoms with Crippen LogP contribution in [-0.2, 0) is 19.1 Å². The zero-order valence-electron chi connectivity index (χ0n) is 14.5. The van der Waals surface area contributed by atoms with Crippen molar-refractivity contribution in [1.82, 2.24) is 9.80 Å². The van der Waals surface area contributed by atoms with Gasteiger partial charge in [-0.2, -0.15) is 0 Å². The minimum absolute atomic E-state index is 0.0231. The van der Waals surface area contributed by atoms with E-state index in [1.54, 1.807) is 0 Å². The van der Waals surface area contributed by atoms with Crippen LogP contribution in [0.1, 0.15) is 46.4 Å². The predicted molar refractivity (Wildman–Crippen MR) is 86.9 cm³/mol. The van der Waals surface area contributed by atoms with Crippen LogP contribution in [0.5, 0.6) is 0 Å². The summed E-state index contributed by atoms with van der Waals surface area (Å²) in [7, 11) is 0. The van der Waals surface area contributed by atoms with Crippen molar-refractivity contribution in [2.45, 2.75) is 37.3 Å². The van der Waals surface area contributed by atoms with Crippen molar-refractivity contribution >= 4 is 29.6 Å². The van der Waals surface area contributed by atoms with Gasteiger partial charge >= 0.3 is 5.97 Å². The first kappa shape index (κ1) is 18.2. The second-order valence-electron chi connectivity index (χ2n) is 6.98. The Labute approximate surface area is 157 Å². The van der Waals surface area contributed by atoms with Crippen molar-refractivity contribution in [1.29, 1.82) is 0 Å². The van der Waals surface area contributed by atoms with Crippen molar-refractivity contribution in [2.75, 3.05) is 6.73 Å². The summed E-state index contributed by atoms with van der Waals surface area (Å²) in [5.74, 6) is -4.71. The molecule has 146 valence electrons. The number of piperidine rings is 1. The number of ether oxygens (including phenoxy) is 1. The van der Waals surface area contributed by atoms with Crippen molar-refractivity contribution in [3.05, 3.63) is 35.1 Å². The van der Waals surface area contributed by atoms with E-state index in [0.29, 0.717) is 9.80 Å². The highest BCUT2D eigenvalue weighted by Crippen LogP contribution is 2.36. The van der Waals surface area contributed by atoms with Gasteiger partial charge in [0.05, 0.1) is 11.1 Å². The van der Waals surface area contributed by atoms with Crippen LogP contribution in [0.2, 0.25) is 0 Å². The Bertz CT molecular complexity index is 940. The Morgan fingerprint density at radius 1 is 1.18 bits per heavy atom. The van der Waals surface area contributed by atoms with E-state index in [9.17, 15) is 33.5 Å². The molecule has 1 atom stereocenters. The molecule has 1 saturated carbocycles. The van der Waals surface area contributed by atoms with Gasteiger partial charge in [-0.05, 0) is 37.5 Å². The summed E-state index contributed by atoms with van der Waals surface area (Å²) >= 11 is 0. The number of carbonyl (C=O) groups excluding carboxylic acids is 5. The molecule has 2 fully saturated rings. The normalized spacial score (nSPS) is 23.1. The molecule has 0 bridgehead atoms. The fraction of sp³-hybridized carbons (Fsp3) is 0.389. The first-order valence-electron chi connectivity index (χ1n) is 8.64. The number of hydrogen-bond donors (Lipinski definition) is 1.